The predicted octanol–water partition coefficient (Wildman–Crippen LogP) is 0.543. The van der Waals surface area contributed by atoms with E-state index in [4.69, 9.17) is 0 Å². The molecule has 2 rings (SSSR count). The molecule has 0 aromatic carbocycles. The Hall–Kier alpha value is -0.940. The predicted molar refractivity (Wildman–Crippen MR) is 55.6 cm³/mol. The first-order valence-electron chi connectivity index (χ1n) is 4.70. The van der Waals surface area contributed by atoms with Crippen LogP contribution >= 0.6 is 11.5 Å². The highest BCUT2D eigenvalue weighted by Crippen LogP contribution is 2.08. The Morgan fingerprint density at radius 1 is 1.79 bits per heavy atom. The minimum Gasteiger partial charge on any atom is -0.347 e. The van der Waals surface area contributed by atoms with Crippen LogP contribution in [0, 0.1) is 6.92 Å². The van der Waals surface area contributed by atoms with Crippen molar-refractivity contribution in [1.82, 2.24) is 15.0 Å². The van der Waals surface area contributed by atoms with Crippen LogP contribution in [0.1, 0.15) is 21.8 Å². The van der Waals surface area contributed by atoms with Crippen molar-refractivity contribution in [2.45, 2.75) is 19.4 Å². The quantitative estimate of drug-likeness (QED) is 0.751. The van der Waals surface area contributed by atoms with E-state index in [2.05, 4.69) is 15.0 Å². The van der Waals surface area contributed by atoms with E-state index in [1.807, 2.05) is 13.0 Å². The van der Waals surface area contributed by atoms with Crippen LogP contribution in [0.4, 0.5) is 0 Å². The number of hydrogen-bond donors (Lipinski definition) is 2. The molecule has 0 spiro atoms. The molecular formula is C9H13N3OS. The van der Waals surface area contributed by atoms with E-state index >= 15 is 0 Å². The lowest BCUT2D eigenvalue weighted by atomic mass is 10.2. The molecule has 1 amide bonds. The summed E-state index contributed by atoms with van der Waals surface area (Å²) < 4.78 is 4.07. The molecule has 4 nitrogen and oxygen atoms in total. The highest BCUT2D eigenvalue weighted by atomic mass is 32.1. The highest BCUT2D eigenvalue weighted by Gasteiger charge is 2.18. The van der Waals surface area contributed by atoms with E-state index in [0.717, 1.165) is 24.4 Å². The molecule has 1 aromatic heterocycles. The molecule has 1 aliphatic rings. The van der Waals surface area contributed by atoms with Gasteiger partial charge in [-0.3, -0.25) is 4.79 Å². The van der Waals surface area contributed by atoms with Crippen molar-refractivity contribution in [3.05, 3.63) is 16.6 Å². The van der Waals surface area contributed by atoms with E-state index in [-0.39, 0.29) is 11.9 Å². The molecule has 0 saturated carbocycles. The maximum absolute atomic E-state index is 11.6. The van der Waals surface area contributed by atoms with E-state index in [9.17, 15) is 4.79 Å². The lowest BCUT2D eigenvalue weighted by molar-refractivity contribution is 0.0936. The fourth-order valence-electron chi connectivity index (χ4n) is 1.51. The molecule has 1 saturated heterocycles. The van der Waals surface area contributed by atoms with Gasteiger partial charge in [0.15, 0.2) is 0 Å². The zero-order valence-corrected chi connectivity index (χ0v) is 8.86. The van der Waals surface area contributed by atoms with E-state index in [1.54, 1.807) is 0 Å². The normalized spacial score (nSPS) is 21.1. The van der Waals surface area contributed by atoms with Gasteiger partial charge >= 0.3 is 0 Å². The van der Waals surface area contributed by atoms with Crippen molar-refractivity contribution in [1.29, 1.82) is 0 Å². The minimum absolute atomic E-state index is 0.0527. The van der Waals surface area contributed by atoms with Gasteiger partial charge in [-0.05, 0) is 37.5 Å². The SMILES string of the molecule is Cc1cc(C(=O)NC2CCNC2)ns1. The van der Waals surface area contributed by atoms with Crippen molar-refractivity contribution in [3.8, 4) is 0 Å². The van der Waals surface area contributed by atoms with E-state index in [1.165, 1.54) is 11.5 Å². The van der Waals surface area contributed by atoms with Crippen molar-refractivity contribution < 1.29 is 4.79 Å². The molecule has 76 valence electrons. The Kier molecular flexibility index (Phi) is 2.79. The van der Waals surface area contributed by atoms with Gasteiger partial charge in [-0.1, -0.05) is 0 Å². The van der Waals surface area contributed by atoms with Crippen LogP contribution in [0.25, 0.3) is 0 Å². The number of hydrogen-bond acceptors (Lipinski definition) is 4. The molecule has 2 N–H and O–H groups in total. The summed E-state index contributed by atoms with van der Waals surface area (Å²) in [4.78, 5) is 12.7. The van der Waals surface area contributed by atoms with Gasteiger partial charge < -0.3 is 10.6 Å². The van der Waals surface area contributed by atoms with Crippen molar-refractivity contribution in [2.75, 3.05) is 13.1 Å². The molecule has 1 aromatic rings. The van der Waals surface area contributed by atoms with E-state index < -0.39 is 0 Å². The minimum atomic E-state index is -0.0527. The summed E-state index contributed by atoms with van der Waals surface area (Å²) in [6.07, 6.45) is 1.01. The molecule has 5 heteroatoms. The molecule has 0 radical (unpaired) electrons. The van der Waals surface area contributed by atoms with Gasteiger partial charge in [-0.25, -0.2) is 0 Å². The molecule has 0 aliphatic carbocycles. The van der Waals surface area contributed by atoms with Crippen LogP contribution < -0.4 is 10.6 Å². The van der Waals surface area contributed by atoms with Gasteiger partial charge in [0.2, 0.25) is 0 Å². The second kappa shape index (κ2) is 4.06. The number of aryl methyl sites for hydroxylation is 1. The summed E-state index contributed by atoms with van der Waals surface area (Å²) in [5.41, 5.74) is 0.541. The Morgan fingerprint density at radius 3 is 3.21 bits per heavy atom. The summed E-state index contributed by atoms with van der Waals surface area (Å²) in [7, 11) is 0. The van der Waals surface area contributed by atoms with Gasteiger partial charge in [0.25, 0.3) is 5.91 Å². The van der Waals surface area contributed by atoms with Crippen LogP contribution in [0.15, 0.2) is 6.07 Å². The van der Waals surface area contributed by atoms with Gasteiger partial charge in [0.1, 0.15) is 5.69 Å². The van der Waals surface area contributed by atoms with Crippen LogP contribution in [0.3, 0.4) is 0 Å². The monoisotopic (exact) mass is 211 g/mol. The third kappa shape index (κ3) is 2.10. The fourth-order valence-corrected chi connectivity index (χ4v) is 2.05. The molecule has 1 fully saturated rings. The molecular weight excluding hydrogens is 198 g/mol. The smallest absolute Gasteiger partial charge is 0.271 e. The second-order valence-electron chi connectivity index (χ2n) is 3.49. The molecule has 1 unspecified atom stereocenters. The van der Waals surface area contributed by atoms with Crippen LogP contribution in [-0.4, -0.2) is 29.4 Å². The zero-order chi connectivity index (χ0) is 9.97. The van der Waals surface area contributed by atoms with Gasteiger partial charge in [0, 0.05) is 17.5 Å². The summed E-state index contributed by atoms with van der Waals surface area (Å²) in [5, 5.41) is 6.15. The molecule has 1 aliphatic heterocycles. The average Bonchev–Trinajstić information content (AvgIpc) is 2.75. The number of nitrogens with one attached hydrogen (secondary N) is 2. The summed E-state index contributed by atoms with van der Waals surface area (Å²) in [6, 6.07) is 2.09. The standard InChI is InChI=1S/C9H13N3OS/c1-6-4-8(12-14-6)9(13)11-7-2-3-10-5-7/h4,7,10H,2-3,5H2,1H3,(H,11,13). The Balaban J connectivity index is 1.95. The molecule has 0 bridgehead atoms. The van der Waals surface area contributed by atoms with Crippen LogP contribution in [0.5, 0.6) is 0 Å². The first-order valence-corrected chi connectivity index (χ1v) is 5.48. The number of carbonyl (C=O) groups excluding carboxylic acids is 1. The number of nitrogens with zero attached hydrogens (tertiary/aromatic N) is 1. The maximum Gasteiger partial charge on any atom is 0.271 e. The third-order valence-corrected chi connectivity index (χ3v) is 2.95. The third-order valence-electron chi connectivity index (χ3n) is 2.26. The van der Waals surface area contributed by atoms with Crippen LogP contribution in [0.2, 0.25) is 0 Å². The lowest BCUT2D eigenvalue weighted by Crippen LogP contribution is -2.36. The Morgan fingerprint density at radius 2 is 2.64 bits per heavy atom. The first kappa shape index (κ1) is 9.61. The van der Waals surface area contributed by atoms with E-state index in [0.29, 0.717) is 5.69 Å². The first-order chi connectivity index (χ1) is 6.75. The van der Waals surface area contributed by atoms with Crippen molar-refractivity contribution >= 4 is 17.4 Å². The molecule has 2 heterocycles. The summed E-state index contributed by atoms with van der Waals surface area (Å²) in [5.74, 6) is -0.0527. The number of amides is 1. The maximum atomic E-state index is 11.6. The fraction of sp³-hybridized carbons (Fsp3) is 0.556. The lowest BCUT2D eigenvalue weighted by Gasteiger charge is -2.08. The number of rotatable bonds is 2. The van der Waals surface area contributed by atoms with Crippen molar-refractivity contribution in [2.24, 2.45) is 0 Å². The number of aromatic nitrogens is 1. The van der Waals surface area contributed by atoms with Crippen LogP contribution in [-0.2, 0) is 0 Å². The number of carbonyl (C=O) groups is 1. The van der Waals surface area contributed by atoms with Gasteiger partial charge in [-0.15, -0.1) is 0 Å². The largest absolute Gasteiger partial charge is 0.347 e. The Bertz CT molecular complexity index is 331. The van der Waals surface area contributed by atoms with Gasteiger partial charge in [0.05, 0.1) is 0 Å². The summed E-state index contributed by atoms with van der Waals surface area (Å²) in [6.45, 7) is 3.81. The summed E-state index contributed by atoms with van der Waals surface area (Å²) >= 11 is 1.36. The second-order valence-corrected chi connectivity index (χ2v) is 4.50. The van der Waals surface area contributed by atoms with Crippen molar-refractivity contribution in [3.63, 3.8) is 0 Å². The zero-order valence-electron chi connectivity index (χ0n) is 8.04. The average molecular weight is 211 g/mol. The molecule has 1 atom stereocenters. The van der Waals surface area contributed by atoms with Gasteiger partial charge in [-0.2, -0.15) is 4.37 Å². The highest BCUT2D eigenvalue weighted by molar-refractivity contribution is 7.05. The topological polar surface area (TPSA) is 54.0 Å². The molecule has 14 heavy (non-hydrogen) atoms. The Labute approximate surface area is 86.9 Å².